The van der Waals surface area contributed by atoms with Gasteiger partial charge in [0, 0.05) is 6.42 Å². The Morgan fingerprint density at radius 1 is 1.57 bits per heavy atom. The van der Waals surface area contributed by atoms with E-state index < -0.39 is 24.7 Å². The van der Waals surface area contributed by atoms with Gasteiger partial charge in [0.2, 0.25) is 11.9 Å². The highest BCUT2D eigenvalue weighted by molar-refractivity contribution is 5.92. The number of nitrogens with two attached hydrogens (primary N) is 1. The summed E-state index contributed by atoms with van der Waals surface area (Å²) in [6.07, 6.45) is -0.682. The molecule has 3 rings (SSSR count). The van der Waals surface area contributed by atoms with E-state index in [0.29, 0.717) is 24.5 Å². The second kappa shape index (κ2) is 5.26. The van der Waals surface area contributed by atoms with Gasteiger partial charge in [-0.3, -0.25) is 4.57 Å². The Bertz CT molecular complexity index is 572. The average Bonchev–Trinajstić information content (AvgIpc) is 2.98. The first-order valence-electron chi connectivity index (χ1n) is 6.92. The fourth-order valence-electron chi connectivity index (χ4n) is 2.80. The monoisotopic (exact) mass is 298 g/mol. The Labute approximate surface area is 121 Å². The van der Waals surface area contributed by atoms with Crippen LogP contribution in [0.3, 0.4) is 0 Å². The maximum atomic E-state index is 10.1. The molecule has 1 aromatic rings. The molecule has 0 spiro atoms. The minimum Gasteiger partial charge on any atom is -0.394 e. The third-order valence-electron chi connectivity index (χ3n) is 3.86. The van der Waals surface area contributed by atoms with E-state index in [2.05, 4.69) is 10.3 Å². The van der Waals surface area contributed by atoms with Crippen LogP contribution < -0.4 is 15.6 Å². The first kappa shape index (κ1) is 14.3. The van der Waals surface area contributed by atoms with Crippen molar-refractivity contribution in [2.45, 2.75) is 44.6 Å². The molecule has 2 aliphatic heterocycles. The molecule has 1 saturated heterocycles. The van der Waals surface area contributed by atoms with Gasteiger partial charge in [-0.1, -0.05) is 0 Å². The van der Waals surface area contributed by atoms with Gasteiger partial charge in [-0.2, -0.15) is 4.99 Å². The highest BCUT2D eigenvalue weighted by Crippen LogP contribution is 2.30. The first-order valence-corrected chi connectivity index (χ1v) is 6.92. The molecule has 1 unspecified atom stereocenters. The van der Waals surface area contributed by atoms with Gasteiger partial charge in [-0.25, -0.2) is 9.88 Å². The van der Waals surface area contributed by atoms with Crippen LogP contribution in [0.2, 0.25) is 0 Å². The zero-order chi connectivity index (χ0) is 15.1. The van der Waals surface area contributed by atoms with Gasteiger partial charge >= 0.3 is 0 Å². The number of nitrogens with one attached hydrogen (secondary N) is 1. The van der Waals surface area contributed by atoms with E-state index in [1.807, 2.05) is 11.5 Å². The average molecular weight is 298 g/mol. The molecule has 116 valence electrons. The number of aryl methyl sites for hydroxylation is 1. The zero-order valence-corrected chi connectivity index (χ0v) is 11.7. The molecule has 0 bridgehead atoms. The van der Waals surface area contributed by atoms with Gasteiger partial charge in [-0.15, -0.1) is 0 Å². The summed E-state index contributed by atoms with van der Waals surface area (Å²) in [5.74, 6) is 0.711. The number of fused-ring (bicyclic) bond motifs is 1. The van der Waals surface area contributed by atoms with Crippen molar-refractivity contribution in [2.75, 3.05) is 11.9 Å². The van der Waals surface area contributed by atoms with Crippen LogP contribution in [0.5, 0.6) is 0 Å². The SMILES string of the molecule is CCn1c[n+]([C@H]2C[C@H](O)[C@@H](CO)O2)c2c1C(O)N=C(N)N2. The number of aliphatic hydroxyl groups excluding tert-OH is 3. The molecule has 21 heavy (non-hydrogen) atoms. The van der Waals surface area contributed by atoms with E-state index in [4.69, 9.17) is 10.5 Å². The molecule has 1 aromatic heterocycles. The number of rotatable bonds is 3. The van der Waals surface area contributed by atoms with Crippen LogP contribution >= 0.6 is 0 Å². The predicted octanol–water partition coefficient (Wildman–Crippen LogP) is -1.83. The third kappa shape index (κ3) is 2.27. The van der Waals surface area contributed by atoms with Gasteiger partial charge in [0.25, 0.3) is 11.8 Å². The van der Waals surface area contributed by atoms with E-state index in [0.717, 1.165) is 0 Å². The summed E-state index contributed by atoms with van der Waals surface area (Å²) < 4.78 is 9.26. The summed E-state index contributed by atoms with van der Waals surface area (Å²) in [5.41, 5.74) is 6.26. The number of aliphatic imine (C=N–C) groups is 1. The lowest BCUT2D eigenvalue weighted by molar-refractivity contribution is -0.747. The van der Waals surface area contributed by atoms with Gasteiger partial charge in [0.1, 0.15) is 6.10 Å². The second-order valence-corrected chi connectivity index (χ2v) is 5.17. The number of anilines is 1. The van der Waals surface area contributed by atoms with Crippen molar-refractivity contribution in [1.29, 1.82) is 0 Å². The lowest BCUT2D eigenvalue weighted by Gasteiger charge is -2.15. The van der Waals surface area contributed by atoms with Crippen LogP contribution in [-0.2, 0) is 11.3 Å². The molecular weight excluding hydrogens is 278 g/mol. The maximum Gasteiger partial charge on any atom is 0.271 e. The molecule has 6 N–H and O–H groups in total. The summed E-state index contributed by atoms with van der Waals surface area (Å²) in [6, 6.07) is 0. The van der Waals surface area contributed by atoms with E-state index in [-0.39, 0.29) is 12.6 Å². The van der Waals surface area contributed by atoms with Gasteiger partial charge in [0.05, 0.1) is 19.3 Å². The Balaban J connectivity index is 1.98. The van der Waals surface area contributed by atoms with Gasteiger partial charge in [-0.05, 0) is 6.92 Å². The minimum absolute atomic E-state index is 0.120. The molecule has 0 radical (unpaired) electrons. The van der Waals surface area contributed by atoms with Crippen LogP contribution in [0.25, 0.3) is 0 Å². The quantitative estimate of drug-likeness (QED) is 0.417. The van der Waals surface area contributed by atoms with Crippen LogP contribution in [0.4, 0.5) is 5.82 Å². The van der Waals surface area contributed by atoms with Crippen molar-refractivity contribution in [3.05, 3.63) is 12.0 Å². The Hall–Kier alpha value is -1.68. The molecule has 2 aliphatic rings. The fourth-order valence-corrected chi connectivity index (χ4v) is 2.80. The molecule has 0 amide bonds. The highest BCUT2D eigenvalue weighted by Gasteiger charge is 2.41. The van der Waals surface area contributed by atoms with Crippen molar-refractivity contribution in [1.82, 2.24) is 4.57 Å². The van der Waals surface area contributed by atoms with Crippen LogP contribution in [0.1, 0.15) is 31.5 Å². The fraction of sp³-hybridized carbons (Fsp3) is 0.667. The standard InChI is InChI=1S/C12H20N5O4/c1-2-16-5-17(8-3-6(19)7(4-18)21-8)10-9(16)11(20)15-12(13)14-10/h5-8,11,18-20H,2-4H2,1H3,(H3,13,14,15)/q+1/t6-,7+,8+,11?/m0/s1. The second-order valence-electron chi connectivity index (χ2n) is 5.17. The van der Waals surface area contributed by atoms with E-state index >= 15 is 0 Å². The van der Waals surface area contributed by atoms with Gasteiger partial charge < -0.3 is 25.8 Å². The lowest BCUT2D eigenvalue weighted by atomic mass is 10.2. The largest absolute Gasteiger partial charge is 0.394 e. The van der Waals surface area contributed by atoms with Crippen LogP contribution in [-0.4, -0.2) is 44.7 Å². The van der Waals surface area contributed by atoms with Crippen LogP contribution in [0.15, 0.2) is 11.3 Å². The highest BCUT2D eigenvalue weighted by atomic mass is 16.5. The predicted molar refractivity (Wildman–Crippen MR) is 72.1 cm³/mol. The first-order chi connectivity index (χ1) is 10.0. The number of aromatic nitrogens is 2. The molecule has 3 heterocycles. The number of ether oxygens (including phenoxy) is 1. The molecule has 0 aromatic carbocycles. The third-order valence-corrected chi connectivity index (χ3v) is 3.86. The van der Waals surface area contributed by atoms with Crippen molar-refractivity contribution in [3.8, 4) is 0 Å². The van der Waals surface area contributed by atoms with Crippen molar-refractivity contribution < 1.29 is 24.6 Å². The number of hydrogen-bond acceptors (Lipinski definition) is 7. The van der Waals surface area contributed by atoms with Crippen LogP contribution in [0, 0.1) is 0 Å². The molecule has 1 fully saturated rings. The number of aliphatic hydroxyl groups is 3. The van der Waals surface area contributed by atoms with E-state index in [1.165, 1.54) is 0 Å². The summed E-state index contributed by atoms with van der Waals surface area (Å²) in [5, 5.41) is 32.1. The number of nitrogens with zero attached hydrogens (tertiary/aromatic N) is 3. The van der Waals surface area contributed by atoms with E-state index in [1.54, 1.807) is 10.9 Å². The molecule has 0 aliphatic carbocycles. The molecule has 9 heteroatoms. The summed E-state index contributed by atoms with van der Waals surface area (Å²) in [7, 11) is 0. The number of imidazole rings is 1. The lowest BCUT2D eigenvalue weighted by Crippen LogP contribution is -2.44. The molecule has 9 nitrogen and oxygen atoms in total. The molecule has 4 atom stereocenters. The van der Waals surface area contributed by atoms with Crippen molar-refractivity contribution >= 4 is 11.8 Å². The Morgan fingerprint density at radius 2 is 2.33 bits per heavy atom. The number of guanidine groups is 1. The van der Waals surface area contributed by atoms with Gasteiger partial charge in [0.15, 0.2) is 12.6 Å². The smallest absolute Gasteiger partial charge is 0.271 e. The topological polar surface area (TPSA) is 129 Å². The van der Waals surface area contributed by atoms with E-state index in [9.17, 15) is 15.3 Å². The maximum absolute atomic E-state index is 10.1. The summed E-state index contributed by atoms with van der Waals surface area (Å²) in [4.78, 5) is 3.89. The number of hydrogen-bond donors (Lipinski definition) is 5. The normalized spacial score (nSPS) is 31.7. The Kier molecular flexibility index (Phi) is 3.57. The zero-order valence-electron chi connectivity index (χ0n) is 11.7. The Morgan fingerprint density at radius 3 is 2.95 bits per heavy atom. The van der Waals surface area contributed by atoms with Crippen molar-refractivity contribution in [3.63, 3.8) is 0 Å². The molecule has 0 saturated carbocycles. The summed E-state index contributed by atoms with van der Waals surface area (Å²) in [6.45, 7) is 2.34. The molecular formula is C12H20N5O4+. The van der Waals surface area contributed by atoms with Crippen molar-refractivity contribution in [2.24, 2.45) is 10.7 Å². The minimum atomic E-state index is -1.04. The summed E-state index contributed by atoms with van der Waals surface area (Å²) >= 11 is 0.